The highest BCUT2D eigenvalue weighted by atomic mass is 16.5. The topological polar surface area (TPSA) is 69.0 Å². The number of aryl methyl sites for hydroxylation is 2. The SMILES string of the molecule is Cc1cc(C2=CC2)ccc1-c1cc2cnc(NC3COC3)nc2n(C)c1=O. The number of nitrogens with zero attached hydrogens (tertiary/aromatic N) is 3. The fourth-order valence-corrected chi connectivity index (χ4v) is 3.46. The number of fused-ring (bicyclic) bond motifs is 1. The molecule has 6 nitrogen and oxygen atoms in total. The zero-order chi connectivity index (χ0) is 18.5. The van der Waals surface area contributed by atoms with E-state index in [2.05, 4.69) is 40.4 Å². The summed E-state index contributed by atoms with van der Waals surface area (Å²) in [5, 5.41) is 4.07. The van der Waals surface area contributed by atoms with Crippen LogP contribution in [-0.2, 0) is 11.8 Å². The van der Waals surface area contributed by atoms with Crippen LogP contribution in [0.2, 0.25) is 0 Å². The van der Waals surface area contributed by atoms with E-state index >= 15 is 0 Å². The molecule has 27 heavy (non-hydrogen) atoms. The van der Waals surface area contributed by atoms with Gasteiger partial charge in [-0.2, -0.15) is 4.98 Å². The molecule has 3 aromatic rings. The Balaban J connectivity index is 1.59. The Hall–Kier alpha value is -2.99. The molecule has 2 aliphatic rings. The van der Waals surface area contributed by atoms with Crippen molar-refractivity contribution in [1.82, 2.24) is 14.5 Å². The monoisotopic (exact) mass is 360 g/mol. The summed E-state index contributed by atoms with van der Waals surface area (Å²) in [6, 6.07) is 8.42. The van der Waals surface area contributed by atoms with Gasteiger partial charge in [0.25, 0.3) is 5.56 Å². The van der Waals surface area contributed by atoms with Crippen LogP contribution in [0.4, 0.5) is 5.95 Å². The number of ether oxygens (including phenoxy) is 1. The number of rotatable bonds is 4. The zero-order valence-corrected chi connectivity index (χ0v) is 15.3. The average Bonchev–Trinajstić information content (AvgIpc) is 3.47. The Kier molecular flexibility index (Phi) is 3.62. The molecule has 1 fully saturated rings. The predicted octanol–water partition coefficient (Wildman–Crippen LogP) is 2.90. The molecule has 0 unspecified atom stereocenters. The van der Waals surface area contributed by atoms with Gasteiger partial charge in [-0.25, -0.2) is 4.98 Å². The smallest absolute Gasteiger partial charge is 0.259 e. The summed E-state index contributed by atoms with van der Waals surface area (Å²) in [5.74, 6) is 0.525. The molecule has 6 heteroatoms. The van der Waals surface area contributed by atoms with Gasteiger partial charge in [0.1, 0.15) is 5.65 Å². The van der Waals surface area contributed by atoms with Gasteiger partial charge >= 0.3 is 0 Å². The maximum absolute atomic E-state index is 13.0. The average molecular weight is 360 g/mol. The Labute approximate surface area is 156 Å². The summed E-state index contributed by atoms with van der Waals surface area (Å²) in [7, 11) is 1.76. The van der Waals surface area contributed by atoms with E-state index in [1.54, 1.807) is 17.8 Å². The molecule has 2 aromatic heterocycles. The van der Waals surface area contributed by atoms with E-state index in [1.165, 1.54) is 11.1 Å². The minimum Gasteiger partial charge on any atom is -0.377 e. The minimum absolute atomic E-state index is 0.0550. The van der Waals surface area contributed by atoms with Crippen LogP contribution in [0.1, 0.15) is 17.5 Å². The van der Waals surface area contributed by atoms with Crippen molar-refractivity contribution in [3.8, 4) is 11.1 Å². The molecule has 0 bridgehead atoms. The molecule has 1 aliphatic heterocycles. The van der Waals surface area contributed by atoms with Gasteiger partial charge in [0.2, 0.25) is 5.95 Å². The van der Waals surface area contributed by atoms with Crippen LogP contribution in [0.5, 0.6) is 0 Å². The number of benzene rings is 1. The Bertz CT molecular complexity index is 1160. The van der Waals surface area contributed by atoms with E-state index in [0.29, 0.717) is 30.4 Å². The van der Waals surface area contributed by atoms with Gasteiger partial charge < -0.3 is 10.1 Å². The van der Waals surface area contributed by atoms with Crippen molar-refractivity contribution in [2.24, 2.45) is 7.05 Å². The number of hydrogen-bond acceptors (Lipinski definition) is 5. The Morgan fingerprint density at radius 3 is 2.70 bits per heavy atom. The molecule has 1 aliphatic carbocycles. The van der Waals surface area contributed by atoms with Crippen molar-refractivity contribution < 1.29 is 4.74 Å². The van der Waals surface area contributed by atoms with E-state index < -0.39 is 0 Å². The molecule has 1 aromatic carbocycles. The first-order chi connectivity index (χ1) is 13.1. The molecule has 0 spiro atoms. The van der Waals surface area contributed by atoms with Gasteiger partial charge in [0.05, 0.1) is 19.3 Å². The second kappa shape index (κ2) is 6.03. The van der Waals surface area contributed by atoms with Crippen molar-refractivity contribution >= 4 is 22.6 Å². The lowest BCUT2D eigenvalue weighted by molar-refractivity contribution is 0.0208. The molecule has 1 N–H and O–H groups in total. The lowest BCUT2D eigenvalue weighted by Crippen LogP contribution is -2.40. The van der Waals surface area contributed by atoms with Crippen LogP contribution >= 0.6 is 0 Å². The van der Waals surface area contributed by atoms with Gasteiger partial charge in [-0.1, -0.05) is 24.3 Å². The molecule has 136 valence electrons. The normalized spacial score (nSPS) is 16.1. The first-order valence-electron chi connectivity index (χ1n) is 9.11. The van der Waals surface area contributed by atoms with E-state index in [9.17, 15) is 4.79 Å². The third-order valence-corrected chi connectivity index (χ3v) is 5.22. The van der Waals surface area contributed by atoms with Gasteiger partial charge in [-0.3, -0.25) is 9.36 Å². The molecule has 0 amide bonds. The van der Waals surface area contributed by atoms with Crippen molar-refractivity contribution in [3.05, 3.63) is 58.0 Å². The number of allylic oxidation sites excluding steroid dienone is 2. The molecule has 3 heterocycles. The van der Waals surface area contributed by atoms with Crippen LogP contribution in [0.15, 0.2) is 41.3 Å². The number of nitrogens with one attached hydrogen (secondary N) is 1. The van der Waals surface area contributed by atoms with Crippen molar-refractivity contribution in [2.45, 2.75) is 19.4 Å². The largest absolute Gasteiger partial charge is 0.377 e. The van der Waals surface area contributed by atoms with Gasteiger partial charge in [-0.05, 0) is 41.7 Å². The minimum atomic E-state index is -0.0550. The van der Waals surface area contributed by atoms with Crippen LogP contribution in [-0.4, -0.2) is 33.8 Å². The van der Waals surface area contributed by atoms with Crippen molar-refractivity contribution in [1.29, 1.82) is 0 Å². The number of pyridine rings is 1. The molecule has 0 radical (unpaired) electrons. The molecule has 5 rings (SSSR count). The van der Waals surface area contributed by atoms with Gasteiger partial charge in [0.15, 0.2) is 0 Å². The lowest BCUT2D eigenvalue weighted by Gasteiger charge is -2.26. The van der Waals surface area contributed by atoms with E-state index in [0.717, 1.165) is 22.9 Å². The number of aromatic nitrogens is 3. The maximum atomic E-state index is 13.0. The Morgan fingerprint density at radius 1 is 1.22 bits per heavy atom. The summed E-state index contributed by atoms with van der Waals surface area (Å²) in [6.07, 6.45) is 5.05. The molecule has 0 saturated carbocycles. The van der Waals surface area contributed by atoms with E-state index in [1.807, 2.05) is 12.1 Å². The van der Waals surface area contributed by atoms with Crippen molar-refractivity contribution in [3.63, 3.8) is 0 Å². The molecular weight excluding hydrogens is 340 g/mol. The van der Waals surface area contributed by atoms with Crippen LogP contribution in [0, 0.1) is 6.92 Å². The summed E-state index contributed by atoms with van der Waals surface area (Å²) in [5.41, 5.74) is 5.92. The van der Waals surface area contributed by atoms with E-state index in [4.69, 9.17) is 4.74 Å². The summed E-state index contributed by atoms with van der Waals surface area (Å²) in [4.78, 5) is 22.0. The fraction of sp³-hybridized carbons (Fsp3) is 0.286. The third-order valence-electron chi connectivity index (χ3n) is 5.22. The highest BCUT2D eigenvalue weighted by Crippen LogP contribution is 2.33. The van der Waals surface area contributed by atoms with Gasteiger partial charge in [0, 0.05) is 24.2 Å². The second-order valence-corrected chi connectivity index (χ2v) is 7.24. The molecular formula is C21H20N4O2. The third kappa shape index (κ3) is 2.82. The summed E-state index contributed by atoms with van der Waals surface area (Å²) in [6.45, 7) is 3.37. The zero-order valence-electron chi connectivity index (χ0n) is 15.3. The standard InChI is InChI=1S/C21H20N4O2/c1-12-7-14(13-3-4-13)5-6-17(12)18-8-15-9-22-21(23-16-10-27-11-16)24-19(15)25(2)20(18)26/h3,5-9,16H,4,10-11H2,1-2H3,(H,22,23,24). The first-order valence-corrected chi connectivity index (χ1v) is 9.11. The highest BCUT2D eigenvalue weighted by molar-refractivity contribution is 5.84. The van der Waals surface area contributed by atoms with Crippen LogP contribution in [0.3, 0.4) is 0 Å². The molecule has 1 saturated heterocycles. The Morgan fingerprint density at radius 2 is 2.04 bits per heavy atom. The van der Waals surface area contributed by atoms with Crippen molar-refractivity contribution in [2.75, 3.05) is 18.5 Å². The maximum Gasteiger partial charge on any atom is 0.259 e. The fourth-order valence-electron chi connectivity index (χ4n) is 3.46. The van der Waals surface area contributed by atoms with Crippen LogP contribution < -0.4 is 10.9 Å². The lowest BCUT2D eigenvalue weighted by atomic mass is 9.98. The highest BCUT2D eigenvalue weighted by Gasteiger charge is 2.20. The predicted molar refractivity (Wildman–Crippen MR) is 106 cm³/mol. The van der Waals surface area contributed by atoms with Gasteiger partial charge in [-0.15, -0.1) is 0 Å². The molecule has 0 atom stereocenters. The van der Waals surface area contributed by atoms with E-state index in [-0.39, 0.29) is 11.6 Å². The second-order valence-electron chi connectivity index (χ2n) is 7.24. The first kappa shape index (κ1) is 16.2. The summed E-state index contributed by atoms with van der Waals surface area (Å²) < 4.78 is 6.77. The quantitative estimate of drug-likeness (QED) is 0.775. The number of anilines is 1. The summed E-state index contributed by atoms with van der Waals surface area (Å²) >= 11 is 0. The number of hydrogen-bond donors (Lipinski definition) is 1. The van der Waals surface area contributed by atoms with Crippen LogP contribution in [0.25, 0.3) is 27.7 Å².